The van der Waals surface area contributed by atoms with Crippen LogP contribution in [0.1, 0.15) is 61.2 Å². The highest BCUT2D eigenvalue weighted by Crippen LogP contribution is 2.42. The molecule has 5 aromatic rings. The van der Waals surface area contributed by atoms with Crippen molar-refractivity contribution < 1.29 is 33.2 Å². The van der Waals surface area contributed by atoms with Crippen LogP contribution in [0.3, 0.4) is 0 Å². The van der Waals surface area contributed by atoms with Gasteiger partial charge in [-0.2, -0.15) is 5.10 Å². The van der Waals surface area contributed by atoms with Gasteiger partial charge in [-0.1, -0.05) is 24.3 Å². The molecule has 6 rings (SSSR count). The molecule has 0 bridgehead atoms. The number of methoxy groups -OCH3 is 1. The summed E-state index contributed by atoms with van der Waals surface area (Å²) in [5, 5.41) is 15.4. The summed E-state index contributed by atoms with van der Waals surface area (Å²) < 4.78 is 40.4. The molecule has 0 saturated carbocycles. The topological polar surface area (TPSA) is 104 Å². The Bertz CT molecular complexity index is 1960. The highest BCUT2D eigenvalue weighted by molar-refractivity contribution is 5.82. The second-order valence-electron chi connectivity index (χ2n) is 12.7. The molecule has 3 heterocycles. The van der Waals surface area contributed by atoms with Gasteiger partial charge in [0.15, 0.2) is 23.3 Å². The Morgan fingerprint density at radius 3 is 2.55 bits per heavy atom. The molecule has 1 atom stereocenters. The molecule has 0 spiro atoms. The van der Waals surface area contributed by atoms with Crippen molar-refractivity contribution in [2.75, 3.05) is 13.7 Å². The van der Waals surface area contributed by atoms with Crippen molar-refractivity contribution in [2.24, 2.45) is 0 Å². The number of fused-ring (bicyclic) bond motifs is 2. The fourth-order valence-electron chi connectivity index (χ4n) is 5.97. The maximum atomic E-state index is 15.7. The third kappa shape index (κ3) is 6.51. The minimum Gasteiger partial charge on any atom is -0.497 e. The van der Waals surface area contributed by atoms with Crippen molar-refractivity contribution in [3.63, 3.8) is 0 Å². The molecule has 47 heavy (non-hydrogen) atoms. The lowest BCUT2D eigenvalue weighted by Crippen LogP contribution is -2.29. The number of ether oxygens (including phenoxy) is 4. The Kier molecular flexibility index (Phi) is 8.63. The lowest BCUT2D eigenvalue weighted by atomic mass is 9.91. The molecule has 0 radical (unpaired) electrons. The largest absolute Gasteiger partial charge is 0.497 e. The Hall–Kier alpha value is -4.96. The van der Waals surface area contributed by atoms with Crippen LogP contribution in [0, 0.1) is 19.7 Å². The van der Waals surface area contributed by atoms with E-state index in [1.807, 2.05) is 61.5 Å². The maximum Gasteiger partial charge on any atom is 0.337 e. The number of carboxylic acid groups (broad SMARTS) is 1. The van der Waals surface area contributed by atoms with E-state index in [0.717, 1.165) is 34.4 Å². The first kappa shape index (κ1) is 32.0. The van der Waals surface area contributed by atoms with Crippen molar-refractivity contribution in [3.8, 4) is 39.8 Å². The maximum absolute atomic E-state index is 15.7. The summed E-state index contributed by atoms with van der Waals surface area (Å²) in [6, 6.07) is 18.5. The summed E-state index contributed by atoms with van der Waals surface area (Å²) in [4.78, 5) is 17.6. The third-order valence-corrected chi connectivity index (χ3v) is 8.17. The van der Waals surface area contributed by atoms with Gasteiger partial charge in [0.25, 0.3) is 0 Å². The van der Waals surface area contributed by atoms with Crippen LogP contribution in [-0.4, -0.2) is 45.0 Å². The van der Waals surface area contributed by atoms with Gasteiger partial charge in [0.2, 0.25) is 0 Å². The number of carbonyl (C=O) groups is 1. The molecule has 0 aliphatic carbocycles. The summed E-state index contributed by atoms with van der Waals surface area (Å²) in [5.41, 5.74) is 5.26. The number of aryl methyl sites for hydroxylation is 1. The van der Waals surface area contributed by atoms with E-state index >= 15 is 4.39 Å². The van der Waals surface area contributed by atoms with Gasteiger partial charge in [0.05, 0.1) is 30.7 Å². The molecule has 10 heteroatoms. The first-order valence-corrected chi connectivity index (χ1v) is 15.6. The third-order valence-electron chi connectivity index (χ3n) is 8.17. The Labute approximate surface area is 272 Å². The zero-order valence-corrected chi connectivity index (χ0v) is 27.4. The van der Waals surface area contributed by atoms with Gasteiger partial charge in [-0.15, -0.1) is 0 Å². The number of rotatable bonds is 9. The summed E-state index contributed by atoms with van der Waals surface area (Å²) >= 11 is 0. The van der Waals surface area contributed by atoms with Crippen molar-refractivity contribution in [1.29, 1.82) is 0 Å². The molecule has 9 nitrogen and oxygen atoms in total. The fourth-order valence-corrected chi connectivity index (χ4v) is 5.97. The average molecular weight is 640 g/mol. The molecule has 1 aliphatic rings. The number of halogens is 1. The molecule has 1 unspecified atom stereocenters. The molecule has 1 N–H and O–H groups in total. The van der Waals surface area contributed by atoms with Gasteiger partial charge >= 0.3 is 5.97 Å². The monoisotopic (exact) mass is 639 g/mol. The zero-order chi connectivity index (χ0) is 33.5. The minimum absolute atomic E-state index is 0.245. The predicted octanol–water partition coefficient (Wildman–Crippen LogP) is 7.67. The Morgan fingerprint density at radius 2 is 1.85 bits per heavy atom. The van der Waals surface area contributed by atoms with Crippen LogP contribution in [0.5, 0.6) is 17.2 Å². The predicted molar refractivity (Wildman–Crippen MR) is 176 cm³/mol. The molecule has 1 aliphatic heterocycles. The van der Waals surface area contributed by atoms with E-state index in [4.69, 9.17) is 29.0 Å². The van der Waals surface area contributed by atoms with E-state index in [1.165, 1.54) is 6.07 Å². The van der Waals surface area contributed by atoms with Crippen LogP contribution in [-0.2, 0) is 22.6 Å². The van der Waals surface area contributed by atoms with E-state index in [-0.39, 0.29) is 5.75 Å². The first-order chi connectivity index (χ1) is 22.4. The summed E-state index contributed by atoms with van der Waals surface area (Å²) in [7, 11) is 1.63. The first-order valence-electron chi connectivity index (χ1n) is 15.6. The van der Waals surface area contributed by atoms with Crippen LogP contribution in [0.2, 0.25) is 0 Å². The van der Waals surface area contributed by atoms with Crippen molar-refractivity contribution in [1.82, 2.24) is 14.6 Å². The molecule has 0 saturated heterocycles. The van der Waals surface area contributed by atoms with Crippen LogP contribution in [0.25, 0.3) is 28.2 Å². The minimum atomic E-state index is -1.39. The van der Waals surface area contributed by atoms with E-state index in [9.17, 15) is 9.90 Å². The van der Waals surface area contributed by atoms with Gasteiger partial charge in [-0.05, 0) is 88.9 Å². The average Bonchev–Trinajstić information content (AvgIpc) is 3.47. The Morgan fingerprint density at radius 1 is 1.09 bits per heavy atom. The fraction of sp³-hybridized carbons (Fsp3) is 0.324. The molecule has 244 valence electrons. The summed E-state index contributed by atoms with van der Waals surface area (Å²) in [6.07, 6.45) is 0.00406. The SMILES string of the molecule is COc1ccc(COc2cccc(-c3cc4nc(C)c(C(OC(C)(C)C)C(=O)O)c(-c5cc(F)c6c(c5C)CCCO6)n4n3)c2)cc1. The number of nitrogens with zero attached hydrogens (tertiary/aromatic N) is 3. The van der Waals surface area contributed by atoms with E-state index < -0.39 is 23.5 Å². The highest BCUT2D eigenvalue weighted by Gasteiger charge is 2.34. The van der Waals surface area contributed by atoms with E-state index in [2.05, 4.69) is 0 Å². The second-order valence-corrected chi connectivity index (χ2v) is 12.7. The molecular formula is C37H38FN3O6. The van der Waals surface area contributed by atoms with Crippen molar-refractivity contribution >= 4 is 11.6 Å². The number of hydrogen-bond acceptors (Lipinski definition) is 7. The lowest BCUT2D eigenvalue weighted by Gasteiger charge is -2.28. The van der Waals surface area contributed by atoms with Crippen LogP contribution < -0.4 is 14.2 Å². The number of aliphatic carboxylic acids is 1. The van der Waals surface area contributed by atoms with Crippen molar-refractivity contribution in [3.05, 3.63) is 94.4 Å². The van der Waals surface area contributed by atoms with Gasteiger partial charge in [0.1, 0.15) is 18.1 Å². The summed E-state index contributed by atoms with van der Waals surface area (Å²) in [6.45, 7) is 9.83. The summed E-state index contributed by atoms with van der Waals surface area (Å²) in [5.74, 6) is -0.0206. The van der Waals surface area contributed by atoms with Crippen LogP contribution in [0.4, 0.5) is 4.39 Å². The number of carboxylic acids is 1. The van der Waals surface area contributed by atoms with E-state index in [0.29, 0.717) is 59.2 Å². The smallest absolute Gasteiger partial charge is 0.337 e. The highest BCUT2D eigenvalue weighted by atomic mass is 19.1. The molecule has 0 fully saturated rings. The van der Waals surface area contributed by atoms with Gasteiger partial charge < -0.3 is 24.1 Å². The van der Waals surface area contributed by atoms with Crippen molar-refractivity contribution in [2.45, 2.75) is 65.8 Å². The molecular weight excluding hydrogens is 601 g/mol. The van der Waals surface area contributed by atoms with Crippen LogP contribution >= 0.6 is 0 Å². The second kappa shape index (κ2) is 12.7. The lowest BCUT2D eigenvalue weighted by molar-refractivity contribution is -0.160. The normalized spacial score (nSPS) is 13.6. The standard InChI is InChI=1S/C37H38FN3O6/c1-21-27-11-8-16-45-34(27)29(38)18-28(21)33-32(35(36(42)43)47-37(3,4)5)22(2)39-31-19-30(40-41(31)33)24-9-7-10-26(17-24)46-20-23-12-14-25(44-6)15-13-23/h7,9-10,12-15,17-19,35H,8,11,16,20H2,1-6H3,(H,42,43). The van der Waals surface area contributed by atoms with Gasteiger partial charge in [-0.25, -0.2) is 18.7 Å². The zero-order valence-electron chi connectivity index (χ0n) is 27.4. The molecule has 0 amide bonds. The number of hydrogen-bond donors (Lipinski definition) is 1. The van der Waals surface area contributed by atoms with Crippen LogP contribution in [0.15, 0.2) is 60.7 Å². The number of benzene rings is 3. The Balaban J connectivity index is 1.49. The van der Waals surface area contributed by atoms with E-state index in [1.54, 1.807) is 39.3 Å². The molecule has 2 aromatic heterocycles. The van der Waals surface area contributed by atoms with Gasteiger partial charge in [0, 0.05) is 34.0 Å². The quantitative estimate of drug-likeness (QED) is 0.175. The van der Waals surface area contributed by atoms with Gasteiger partial charge in [-0.3, -0.25) is 0 Å². The number of aromatic nitrogens is 3. The molecule has 3 aromatic carbocycles.